The topological polar surface area (TPSA) is 72.2 Å². The fourth-order valence-electron chi connectivity index (χ4n) is 1.89. The van der Waals surface area contributed by atoms with Crippen LogP contribution in [0.2, 0.25) is 5.02 Å². The third-order valence-corrected chi connectivity index (χ3v) is 2.99. The van der Waals surface area contributed by atoms with Crippen molar-refractivity contribution >= 4 is 23.2 Å². The lowest BCUT2D eigenvalue weighted by atomic mass is 9.96. The lowest BCUT2D eigenvalue weighted by Crippen LogP contribution is -2.27. The number of carbonyl (C=O) groups is 1. The van der Waals surface area contributed by atoms with E-state index in [0.717, 1.165) is 0 Å². The predicted molar refractivity (Wildman–Crippen MR) is 74.1 cm³/mol. The monoisotopic (exact) mass is 284 g/mol. The van der Waals surface area contributed by atoms with Crippen molar-refractivity contribution in [2.24, 2.45) is 5.92 Å². The van der Waals surface area contributed by atoms with Crippen molar-refractivity contribution in [3.05, 3.63) is 38.9 Å². The molecule has 0 aliphatic rings. The smallest absolute Gasteiger partial charge is 0.269 e. The molecule has 1 rings (SSSR count). The van der Waals surface area contributed by atoms with E-state index in [1.54, 1.807) is 0 Å². The van der Waals surface area contributed by atoms with Crippen LogP contribution in [0.3, 0.4) is 0 Å². The van der Waals surface area contributed by atoms with E-state index in [0.29, 0.717) is 22.9 Å². The highest BCUT2D eigenvalue weighted by Gasteiger charge is 2.20. The fraction of sp³-hybridized carbons (Fsp3) is 0.462. The van der Waals surface area contributed by atoms with Crippen LogP contribution in [0.25, 0.3) is 0 Å². The van der Waals surface area contributed by atoms with Gasteiger partial charge in [0.25, 0.3) is 5.69 Å². The summed E-state index contributed by atoms with van der Waals surface area (Å²) in [5, 5.41) is 14.0. The molecular weight excluding hydrogens is 268 g/mol. The predicted octanol–water partition coefficient (Wildman–Crippen LogP) is 3.47. The summed E-state index contributed by atoms with van der Waals surface area (Å²) in [5.41, 5.74) is 0.554. The first-order chi connectivity index (χ1) is 8.81. The summed E-state index contributed by atoms with van der Waals surface area (Å²) >= 11 is 6.09. The van der Waals surface area contributed by atoms with Crippen molar-refractivity contribution in [1.29, 1.82) is 0 Å². The van der Waals surface area contributed by atoms with E-state index in [2.05, 4.69) is 5.32 Å². The van der Waals surface area contributed by atoms with Crippen LogP contribution in [0.15, 0.2) is 18.2 Å². The van der Waals surface area contributed by atoms with E-state index in [-0.39, 0.29) is 17.6 Å². The number of halogens is 1. The van der Waals surface area contributed by atoms with Gasteiger partial charge in [-0.05, 0) is 24.0 Å². The molecule has 0 bridgehead atoms. The highest BCUT2D eigenvalue weighted by atomic mass is 35.5. The fourth-order valence-corrected chi connectivity index (χ4v) is 2.14. The normalized spacial score (nSPS) is 12.3. The summed E-state index contributed by atoms with van der Waals surface area (Å²) in [4.78, 5) is 21.6. The summed E-state index contributed by atoms with van der Waals surface area (Å²) in [6.07, 6.45) is 0.667. The number of nitro groups is 1. The van der Waals surface area contributed by atoms with Crippen LogP contribution in [0, 0.1) is 16.0 Å². The Hall–Kier alpha value is -1.62. The Labute approximate surface area is 117 Å². The van der Waals surface area contributed by atoms with E-state index in [1.807, 2.05) is 13.8 Å². The maximum Gasteiger partial charge on any atom is 0.269 e. The van der Waals surface area contributed by atoms with Crippen molar-refractivity contribution in [2.75, 3.05) is 0 Å². The molecule has 1 aromatic rings. The SMILES string of the molecule is CC(=O)N[C@@H](CC(C)C)c1cc([N+](=O)[O-])ccc1Cl. The number of rotatable bonds is 5. The third kappa shape index (κ3) is 4.52. The lowest BCUT2D eigenvalue weighted by Gasteiger charge is -2.21. The minimum Gasteiger partial charge on any atom is -0.349 e. The number of nitro benzene ring substituents is 1. The first-order valence-electron chi connectivity index (χ1n) is 6.02. The Morgan fingerprint density at radius 2 is 2.11 bits per heavy atom. The van der Waals surface area contributed by atoms with E-state index < -0.39 is 4.92 Å². The van der Waals surface area contributed by atoms with E-state index in [1.165, 1.54) is 25.1 Å². The van der Waals surface area contributed by atoms with Crippen molar-refractivity contribution in [2.45, 2.75) is 33.2 Å². The molecule has 1 N–H and O–H groups in total. The molecule has 0 radical (unpaired) electrons. The Kier molecular flexibility index (Phi) is 5.30. The summed E-state index contributed by atoms with van der Waals surface area (Å²) in [5.74, 6) is 0.139. The Bertz CT molecular complexity index is 489. The first kappa shape index (κ1) is 15.4. The van der Waals surface area contributed by atoms with Gasteiger partial charge in [-0.2, -0.15) is 0 Å². The van der Waals surface area contributed by atoms with Gasteiger partial charge in [-0.1, -0.05) is 25.4 Å². The molecule has 0 heterocycles. The van der Waals surface area contributed by atoms with Crippen molar-refractivity contribution < 1.29 is 9.72 Å². The average Bonchev–Trinajstić information content (AvgIpc) is 2.27. The standard InChI is InChI=1S/C13H17ClN2O3/c1-8(2)6-13(15-9(3)17)11-7-10(16(18)19)4-5-12(11)14/h4-5,7-8,13H,6H2,1-3H3,(H,15,17)/t13-/m0/s1. The second-order valence-electron chi connectivity index (χ2n) is 4.85. The van der Waals surface area contributed by atoms with Crippen LogP contribution in [-0.4, -0.2) is 10.8 Å². The summed E-state index contributed by atoms with van der Waals surface area (Å²) < 4.78 is 0. The molecule has 0 saturated heterocycles. The number of carbonyl (C=O) groups excluding carboxylic acids is 1. The first-order valence-corrected chi connectivity index (χ1v) is 6.40. The van der Waals surface area contributed by atoms with Gasteiger partial charge < -0.3 is 5.32 Å². The number of nitrogens with zero attached hydrogens (tertiary/aromatic N) is 1. The molecule has 104 valence electrons. The molecule has 1 amide bonds. The molecule has 19 heavy (non-hydrogen) atoms. The minimum atomic E-state index is -0.472. The van der Waals surface area contributed by atoms with Gasteiger partial charge in [-0.15, -0.1) is 0 Å². The largest absolute Gasteiger partial charge is 0.349 e. The lowest BCUT2D eigenvalue weighted by molar-refractivity contribution is -0.384. The number of benzene rings is 1. The van der Waals surface area contributed by atoms with Crippen LogP contribution < -0.4 is 5.32 Å². The molecule has 0 aliphatic heterocycles. The van der Waals surface area contributed by atoms with Crippen LogP contribution in [0.1, 0.15) is 38.8 Å². The number of amides is 1. The Morgan fingerprint density at radius 1 is 1.47 bits per heavy atom. The maximum absolute atomic E-state index is 11.3. The Balaban J connectivity index is 3.15. The molecule has 0 saturated carbocycles. The van der Waals surface area contributed by atoms with Crippen molar-refractivity contribution in [1.82, 2.24) is 5.32 Å². The molecule has 0 spiro atoms. The van der Waals surface area contributed by atoms with E-state index in [4.69, 9.17) is 11.6 Å². The quantitative estimate of drug-likeness (QED) is 0.664. The summed E-state index contributed by atoms with van der Waals surface area (Å²) in [6, 6.07) is 3.95. The number of non-ortho nitro benzene ring substituents is 1. The van der Waals surface area contributed by atoms with Gasteiger partial charge in [-0.3, -0.25) is 14.9 Å². The van der Waals surface area contributed by atoms with Gasteiger partial charge in [0.15, 0.2) is 0 Å². The average molecular weight is 285 g/mol. The molecule has 0 aromatic heterocycles. The van der Waals surface area contributed by atoms with E-state index in [9.17, 15) is 14.9 Å². The zero-order chi connectivity index (χ0) is 14.6. The van der Waals surface area contributed by atoms with Crippen LogP contribution in [0.4, 0.5) is 5.69 Å². The van der Waals surface area contributed by atoms with Crippen LogP contribution in [-0.2, 0) is 4.79 Å². The van der Waals surface area contributed by atoms with Gasteiger partial charge in [-0.25, -0.2) is 0 Å². The van der Waals surface area contributed by atoms with Gasteiger partial charge in [0.1, 0.15) is 0 Å². The van der Waals surface area contributed by atoms with Gasteiger partial charge in [0.05, 0.1) is 11.0 Å². The van der Waals surface area contributed by atoms with Crippen molar-refractivity contribution in [3.8, 4) is 0 Å². The molecule has 6 heteroatoms. The highest BCUT2D eigenvalue weighted by Crippen LogP contribution is 2.30. The van der Waals surface area contributed by atoms with Crippen molar-refractivity contribution in [3.63, 3.8) is 0 Å². The number of hydrogen-bond donors (Lipinski definition) is 1. The zero-order valence-electron chi connectivity index (χ0n) is 11.1. The maximum atomic E-state index is 11.3. The van der Waals surface area contributed by atoms with Gasteiger partial charge in [0, 0.05) is 24.1 Å². The molecule has 5 nitrogen and oxygen atoms in total. The van der Waals surface area contributed by atoms with Gasteiger partial charge in [0.2, 0.25) is 5.91 Å². The zero-order valence-corrected chi connectivity index (χ0v) is 11.9. The third-order valence-electron chi connectivity index (χ3n) is 2.65. The second kappa shape index (κ2) is 6.52. The molecule has 1 atom stereocenters. The Morgan fingerprint density at radius 3 is 2.58 bits per heavy atom. The van der Waals surface area contributed by atoms with Crippen LogP contribution >= 0.6 is 11.6 Å². The van der Waals surface area contributed by atoms with Gasteiger partial charge >= 0.3 is 0 Å². The molecule has 0 fully saturated rings. The number of nitrogens with one attached hydrogen (secondary N) is 1. The van der Waals surface area contributed by atoms with Crippen LogP contribution in [0.5, 0.6) is 0 Å². The highest BCUT2D eigenvalue weighted by molar-refractivity contribution is 6.31. The molecule has 0 aliphatic carbocycles. The second-order valence-corrected chi connectivity index (χ2v) is 5.25. The number of hydrogen-bond acceptors (Lipinski definition) is 3. The molecule has 0 unspecified atom stereocenters. The summed E-state index contributed by atoms with van der Waals surface area (Å²) in [7, 11) is 0. The summed E-state index contributed by atoms with van der Waals surface area (Å²) in [6.45, 7) is 5.44. The molecular formula is C13H17ClN2O3. The minimum absolute atomic E-state index is 0.0292. The van der Waals surface area contributed by atoms with E-state index >= 15 is 0 Å². The molecule has 1 aromatic carbocycles.